The summed E-state index contributed by atoms with van der Waals surface area (Å²) in [6, 6.07) is 12.3. The van der Waals surface area contributed by atoms with Crippen LogP contribution in [-0.2, 0) is 26.4 Å². The van der Waals surface area contributed by atoms with Gasteiger partial charge in [0, 0.05) is 34.7 Å². The number of rotatable bonds is 6. The Labute approximate surface area is 213 Å². The molecule has 5 rings (SSSR count). The van der Waals surface area contributed by atoms with Crippen molar-refractivity contribution in [3.63, 3.8) is 0 Å². The van der Waals surface area contributed by atoms with E-state index in [9.17, 15) is 12.8 Å². The number of aromatic nitrogens is 1. The Bertz CT molecular complexity index is 1390. The zero-order valence-electron chi connectivity index (χ0n) is 19.3. The van der Waals surface area contributed by atoms with Gasteiger partial charge in [-0.3, -0.25) is 0 Å². The molecule has 3 atom stereocenters. The fraction of sp³-hybridized carbons (Fsp3) is 0.346. The third-order valence-corrected chi connectivity index (χ3v) is 9.28. The summed E-state index contributed by atoms with van der Waals surface area (Å²) in [5, 5.41) is 0.571. The summed E-state index contributed by atoms with van der Waals surface area (Å²) in [7, 11) is -3.74. The molecule has 36 heavy (non-hydrogen) atoms. The quantitative estimate of drug-likeness (QED) is 0.491. The van der Waals surface area contributed by atoms with E-state index < -0.39 is 38.9 Å². The van der Waals surface area contributed by atoms with Crippen LogP contribution in [0.4, 0.5) is 14.6 Å². The van der Waals surface area contributed by atoms with E-state index in [0.29, 0.717) is 17.9 Å². The molecule has 0 radical (unpaired) electrons. The van der Waals surface area contributed by atoms with Gasteiger partial charge in [0.25, 0.3) is 0 Å². The van der Waals surface area contributed by atoms with Crippen LogP contribution in [0.15, 0.2) is 59.6 Å². The van der Waals surface area contributed by atoms with Gasteiger partial charge in [0.1, 0.15) is 16.5 Å². The molecule has 2 aromatic carbocycles. The molecule has 6 nitrogen and oxygen atoms in total. The van der Waals surface area contributed by atoms with E-state index in [0.717, 1.165) is 17.7 Å². The molecule has 2 aliphatic rings. The smallest absolute Gasteiger partial charge is 0.182 e. The second-order valence-electron chi connectivity index (χ2n) is 9.26. The van der Waals surface area contributed by atoms with Crippen molar-refractivity contribution in [3.05, 3.63) is 82.5 Å². The van der Waals surface area contributed by atoms with Crippen LogP contribution in [0.2, 0.25) is 5.02 Å². The largest absolute Gasteiger partial charge is 0.490 e. The van der Waals surface area contributed by atoms with Crippen molar-refractivity contribution in [1.29, 1.82) is 0 Å². The summed E-state index contributed by atoms with van der Waals surface area (Å²) in [5.41, 5.74) is 6.02. The third-order valence-electron chi connectivity index (χ3n) is 7.24. The summed E-state index contributed by atoms with van der Waals surface area (Å²) in [5.74, 6) is -1.98. The Morgan fingerprint density at radius 2 is 1.86 bits per heavy atom. The lowest BCUT2D eigenvalue weighted by Crippen LogP contribution is -2.55. The molecule has 0 spiro atoms. The number of sulfone groups is 1. The lowest BCUT2D eigenvalue weighted by Gasteiger charge is -2.51. The van der Waals surface area contributed by atoms with E-state index in [1.54, 1.807) is 12.1 Å². The van der Waals surface area contributed by atoms with E-state index in [-0.39, 0.29) is 47.4 Å². The number of nitrogens with two attached hydrogens (primary N) is 1. The van der Waals surface area contributed by atoms with Gasteiger partial charge in [-0.05, 0) is 61.2 Å². The van der Waals surface area contributed by atoms with Crippen molar-refractivity contribution in [1.82, 2.24) is 4.98 Å². The van der Waals surface area contributed by atoms with Gasteiger partial charge < -0.3 is 15.2 Å². The highest BCUT2D eigenvalue weighted by Gasteiger charge is 2.53. The average Bonchev–Trinajstić information content (AvgIpc) is 2.86. The molecule has 2 aliphatic heterocycles. The molecule has 1 fully saturated rings. The van der Waals surface area contributed by atoms with Crippen LogP contribution >= 0.6 is 11.6 Å². The molecule has 1 saturated heterocycles. The molecule has 0 unspecified atom stereocenters. The maximum Gasteiger partial charge on any atom is 0.182 e. The van der Waals surface area contributed by atoms with Crippen molar-refractivity contribution >= 4 is 27.3 Å². The van der Waals surface area contributed by atoms with E-state index in [1.807, 2.05) is 12.1 Å². The van der Waals surface area contributed by atoms with E-state index >= 15 is 4.39 Å². The second kappa shape index (κ2) is 9.61. The minimum Gasteiger partial charge on any atom is -0.490 e. The fourth-order valence-corrected chi connectivity index (χ4v) is 7.09. The SMILES string of the molecule is Nc1ncccc1S(=O)(=O)CC[C@@H]1OCC[C@@]2(Cc3ccc(Cl)cc3)c3c(F)ccc(F)c3OC[C@@H]12. The highest BCUT2D eigenvalue weighted by Crippen LogP contribution is 2.52. The Morgan fingerprint density at radius 1 is 1.11 bits per heavy atom. The number of benzene rings is 2. The van der Waals surface area contributed by atoms with Gasteiger partial charge >= 0.3 is 0 Å². The van der Waals surface area contributed by atoms with Gasteiger partial charge in [0.2, 0.25) is 0 Å². The summed E-state index contributed by atoms with van der Waals surface area (Å²) in [4.78, 5) is 3.84. The molecule has 1 aromatic heterocycles. The van der Waals surface area contributed by atoms with Crippen LogP contribution in [0.25, 0.3) is 0 Å². The molecular formula is C26H25ClF2N2O4S. The number of nitrogens with zero attached hydrogens (tertiary/aromatic N) is 1. The Kier molecular flexibility index (Phi) is 6.65. The number of halogens is 3. The van der Waals surface area contributed by atoms with Crippen LogP contribution in [0, 0.1) is 17.6 Å². The van der Waals surface area contributed by atoms with Gasteiger partial charge in [0.15, 0.2) is 21.4 Å². The number of ether oxygens (including phenoxy) is 2. The summed E-state index contributed by atoms with van der Waals surface area (Å²) in [6.45, 7) is 0.333. The first-order valence-corrected chi connectivity index (χ1v) is 13.6. The van der Waals surface area contributed by atoms with Crippen LogP contribution < -0.4 is 10.5 Å². The average molecular weight is 535 g/mol. The number of pyridine rings is 1. The molecule has 3 heterocycles. The molecule has 3 aromatic rings. The summed E-state index contributed by atoms with van der Waals surface area (Å²) in [6.07, 6.45) is 1.83. The highest BCUT2D eigenvalue weighted by atomic mass is 35.5. The molecule has 0 bridgehead atoms. The first-order chi connectivity index (χ1) is 17.2. The number of hydrogen-bond donors (Lipinski definition) is 1. The zero-order chi connectivity index (χ0) is 25.5. The van der Waals surface area contributed by atoms with E-state index in [1.165, 1.54) is 18.3 Å². The van der Waals surface area contributed by atoms with Crippen molar-refractivity contribution < 1.29 is 26.7 Å². The predicted octanol–water partition coefficient (Wildman–Crippen LogP) is 4.74. The molecule has 10 heteroatoms. The van der Waals surface area contributed by atoms with Gasteiger partial charge in [-0.1, -0.05) is 23.7 Å². The lowest BCUT2D eigenvalue weighted by atomic mass is 9.60. The van der Waals surface area contributed by atoms with Gasteiger partial charge in [0.05, 0.1) is 18.5 Å². The fourth-order valence-electron chi connectivity index (χ4n) is 5.54. The molecule has 2 N–H and O–H groups in total. The van der Waals surface area contributed by atoms with Crippen LogP contribution in [0.1, 0.15) is 24.0 Å². The van der Waals surface area contributed by atoms with Crippen LogP contribution in [0.5, 0.6) is 5.75 Å². The third kappa shape index (κ3) is 4.44. The normalized spacial score (nSPS) is 23.4. The van der Waals surface area contributed by atoms with E-state index in [2.05, 4.69) is 4.98 Å². The minimum absolute atomic E-state index is 0.0356. The number of fused-ring (bicyclic) bond motifs is 3. The number of anilines is 1. The first-order valence-electron chi connectivity index (χ1n) is 11.6. The van der Waals surface area contributed by atoms with Crippen LogP contribution in [-0.4, -0.2) is 38.5 Å². The summed E-state index contributed by atoms with van der Waals surface area (Å²) >= 11 is 6.07. The number of hydrogen-bond acceptors (Lipinski definition) is 6. The molecule has 0 saturated carbocycles. The standard InChI is InChI=1S/C26H25ClF2N2O4S/c27-17-5-3-16(4-6-17)14-26-10-12-34-21(9-13-36(32,33)22-2-1-11-31-25(22)30)18(26)15-35-24-20(29)8-7-19(28)23(24)26/h1-8,11,18,21H,9-10,12-15H2,(H2,30,31)/t18-,21-,26-/m0/s1. The van der Waals surface area contributed by atoms with Crippen molar-refractivity contribution in [2.45, 2.75) is 35.7 Å². The first kappa shape index (κ1) is 24.9. The highest BCUT2D eigenvalue weighted by molar-refractivity contribution is 7.91. The molecular weight excluding hydrogens is 510 g/mol. The van der Waals surface area contributed by atoms with Crippen LogP contribution in [0.3, 0.4) is 0 Å². The van der Waals surface area contributed by atoms with Crippen molar-refractivity contribution in [2.24, 2.45) is 5.92 Å². The summed E-state index contributed by atoms with van der Waals surface area (Å²) < 4.78 is 68.0. The van der Waals surface area contributed by atoms with E-state index in [4.69, 9.17) is 26.8 Å². The van der Waals surface area contributed by atoms with Gasteiger partial charge in [-0.25, -0.2) is 22.2 Å². The maximum absolute atomic E-state index is 15.4. The van der Waals surface area contributed by atoms with Gasteiger partial charge in [-0.15, -0.1) is 0 Å². The molecule has 190 valence electrons. The predicted molar refractivity (Wildman–Crippen MR) is 132 cm³/mol. The molecule has 0 aliphatic carbocycles. The topological polar surface area (TPSA) is 91.5 Å². The zero-order valence-corrected chi connectivity index (χ0v) is 20.9. The van der Waals surface area contributed by atoms with Gasteiger partial charge in [-0.2, -0.15) is 0 Å². The number of nitrogen functional groups attached to an aromatic ring is 1. The second-order valence-corrected chi connectivity index (χ2v) is 11.8. The lowest BCUT2D eigenvalue weighted by molar-refractivity contribution is -0.0963. The Balaban J connectivity index is 1.51. The Morgan fingerprint density at radius 3 is 2.61 bits per heavy atom. The van der Waals surface area contributed by atoms with Crippen molar-refractivity contribution in [3.8, 4) is 5.75 Å². The monoisotopic (exact) mass is 534 g/mol. The molecule has 0 amide bonds. The maximum atomic E-state index is 15.4. The Hall–Kier alpha value is -2.75. The van der Waals surface area contributed by atoms with Crippen molar-refractivity contribution in [2.75, 3.05) is 24.7 Å². The minimum atomic E-state index is -3.74.